The summed E-state index contributed by atoms with van der Waals surface area (Å²) in [7, 11) is 0. The number of nitrogens with one attached hydrogen (secondary N) is 2. The number of piperazine rings is 3. The van der Waals surface area contributed by atoms with Gasteiger partial charge in [-0.3, -0.25) is 14.8 Å². The van der Waals surface area contributed by atoms with Crippen molar-refractivity contribution in [3.05, 3.63) is 35.4 Å². The summed E-state index contributed by atoms with van der Waals surface area (Å²) in [6.07, 6.45) is 2.46. The molecule has 2 N–H and O–H groups in total. The first-order valence-corrected chi connectivity index (χ1v) is 9.90. The summed E-state index contributed by atoms with van der Waals surface area (Å²) in [4.78, 5) is 10.1. The van der Waals surface area contributed by atoms with Crippen LogP contribution in [0.1, 0.15) is 30.4 Å². The summed E-state index contributed by atoms with van der Waals surface area (Å²) < 4.78 is 0. The summed E-state index contributed by atoms with van der Waals surface area (Å²) in [6, 6.07) is 9.47. The number of aliphatic imine (C=N–C) groups is 1. The van der Waals surface area contributed by atoms with E-state index in [1.165, 1.54) is 56.7 Å². The molecule has 0 aromatic heterocycles. The summed E-state index contributed by atoms with van der Waals surface area (Å²) in [5.74, 6) is 1.59. The summed E-state index contributed by atoms with van der Waals surface area (Å²) in [5, 5.41) is 7.01. The molecule has 1 aromatic carbocycles. The summed E-state index contributed by atoms with van der Waals surface area (Å²) in [5.41, 5.74) is 3.05. The quantitative estimate of drug-likeness (QED) is 0.393. The number of fused-ring (bicyclic) bond motifs is 4. The van der Waals surface area contributed by atoms with Gasteiger partial charge in [0.2, 0.25) is 0 Å². The smallest absolute Gasteiger partial charge is 0.191 e. The van der Waals surface area contributed by atoms with Gasteiger partial charge in [0.05, 0.1) is 6.54 Å². The van der Waals surface area contributed by atoms with Gasteiger partial charge in [-0.2, -0.15) is 0 Å². The van der Waals surface area contributed by atoms with E-state index in [1.807, 2.05) is 0 Å². The predicted octanol–water partition coefficient (Wildman–Crippen LogP) is 1.89. The molecule has 144 valence electrons. The van der Waals surface area contributed by atoms with Gasteiger partial charge < -0.3 is 10.6 Å². The Morgan fingerprint density at radius 3 is 2.69 bits per heavy atom. The van der Waals surface area contributed by atoms with E-state index in [0.717, 1.165) is 25.6 Å². The lowest BCUT2D eigenvalue weighted by Gasteiger charge is -2.47. The third kappa shape index (κ3) is 4.51. The van der Waals surface area contributed by atoms with Crippen LogP contribution in [0.4, 0.5) is 0 Å². The molecule has 3 fully saturated rings. The van der Waals surface area contributed by atoms with Gasteiger partial charge in [-0.15, -0.1) is 24.0 Å². The Morgan fingerprint density at radius 2 is 1.96 bits per heavy atom. The van der Waals surface area contributed by atoms with Crippen LogP contribution in [0.5, 0.6) is 0 Å². The molecule has 2 bridgehead atoms. The van der Waals surface area contributed by atoms with Crippen molar-refractivity contribution in [2.24, 2.45) is 4.99 Å². The van der Waals surface area contributed by atoms with Crippen LogP contribution in [0.25, 0.3) is 0 Å². The average Bonchev–Trinajstić information content (AvgIpc) is 3.08. The molecule has 5 rings (SSSR count). The maximum absolute atomic E-state index is 4.90. The van der Waals surface area contributed by atoms with Crippen LogP contribution < -0.4 is 10.6 Å². The molecule has 3 saturated heterocycles. The molecule has 3 heterocycles. The van der Waals surface area contributed by atoms with Crippen LogP contribution in [-0.2, 0) is 6.42 Å². The van der Waals surface area contributed by atoms with Crippen molar-refractivity contribution in [1.82, 2.24) is 20.4 Å². The third-order valence-corrected chi connectivity index (χ3v) is 5.97. The first-order chi connectivity index (χ1) is 12.3. The highest BCUT2D eigenvalue weighted by Crippen LogP contribution is 2.32. The van der Waals surface area contributed by atoms with Crippen molar-refractivity contribution < 1.29 is 0 Å². The number of hydrogen-bond acceptors (Lipinski definition) is 3. The number of guanidine groups is 1. The van der Waals surface area contributed by atoms with Gasteiger partial charge in [0.1, 0.15) is 0 Å². The zero-order valence-electron chi connectivity index (χ0n) is 15.8. The second-order valence-corrected chi connectivity index (χ2v) is 7.53. The highest BCUT2D eigenvalue weighted by Gasteiger charge is 2.31. The minimum absolute atomic E-state index is 0. The van der Waals surface area contributed by atoms with Gasteiger partial charge in [-0.1, -0.05) is 24.3 Å². The lowest BCUT2D eigenvalue weighted by Crippen LogP contribution is -2.62. The molecule has 0 saturated carbocycles. The maximum Gasteiger partial charge on any atom is 0.191 e. The molecule has 2 unspecified atom stereocenters. The van der Waals surface area contributed by atoms with E-state index in [2.05, 4.69) is 51.6 Å². The van der Waals surface area contributed by atoms with Gasteiger partial charge >= 0.3 is 0 Å². The minimum atomic E-state index is 0. The average molecular weight is 469 g/mol. The fourth-order valence-electron chi connectivity index (χ4n) is 4.51. The molecule has 0 spiro atoms. The van der Waals surface area contributed by atoms with Crippen molar-refractivity contribution in [3.8, 4) is 0 Å². The Hall–Kier alpha value is -0.860. The Balaban J connectivity index is 0.00000196. The first-order valence-electron chi connectivity index (χ1n) is 9.90. The lowest BCUT2D eigenvalue weighted by atomic mass is 10.0. The fourth-order valence-corrected chi connectivity index (χ4v) is 4.51. The van der Waals surface area contributed by atoms with Gasteiger partial charge in [-0.05, 0) is 30.9 Å². The molecule has 2 atom stereocenters. The van der Waals surface area contributed by atoms with E-state index in [-0.39, 0.29) is 24.0 Å². The number of halogens is 1. The number of hydrogen-bond donors (Lipinski definition) is 2. The third-order valence-electron chi connectivity index (χ3n) is 5.97. The predicted molar refractivity (Wildman–Crippen MR) is 119 cm³/mol. The summed E-state index contributed by atoms with van der Waals surface area (Å²) in [6.45, 7) is 11.0. The zero-order chi connectivity index (χ0) is 17.1. The second kappa shape index (κ2) is 9.37. The monoisotopic (exact) mass is 469 g/mol. The van der Waals surface area contributed by atoms with Crippen molar-refractivity contribution in [1.29, 1.82) is 0 Å². The zero-order valence-corrected chi connectivity index (χ0v) is 18.1. The van der Waals surface area contributed by atoms with Crippen LogP contribution in [0, 0.1) is 0 Å². The maximum atomic E-state index is 4.90. The van der Waals surface area contributed by atoms with Crippen LogP contribution in [-0.4, -0.2) is 74.2 Å². The van der Waals surface area contributed by atoms with Gasteiger partial charge in [0.25, 0.3) is 0 Å². The Labute approximate surface area is 174 Å². The normalized spacial score (nSPS) is 29.8. The van der Waals surface area contributed by atoms with Crippen LogP contribution >= 0.6 is 24.0 Å². The second-order valence-electron chi connectivity index (χ2n) is 7.53. The van der Waals surface area contributed by atoms with Crippen molar-refractivity contribution >= 4 is 29.9 Å². The molecular formula is C20H32IN5. The van der Waals surface area contributed by atoms with Crippen LogP contribution in [0.2, 0.25) is 0 Å². The number of aryl methyl sites for hydroxylation is 1. The van der Waals surface area contributed by atoms with Crippen LogP contribution in [0.3, 0.4) is 0 Å². The standard InChI is InChI=1S/C20H31N5.HI/c1-2-21-20(23-14-18-15-24-9-11-25(18)12-10-24)22-13-17-8-7-16-5-3-4-6-19(16)17;/h3-6,17-18H,2,7-15H2,1H3,(H2,21,22,23);1H. The topological polar surface area (TPSA) is 42.9 Å². The fraction of sp³-hybridized carbons (Fsp3) is 0.650. The van der Waals surface area contributed by atoms with Crippen molar-refractivity contribution in [2.45, 2.75) is 31.7 Å². The molecule has 6 heteroatoms. The molecule has 3 aliphatic heterocycles. The van der Waals surface area contributed by atoms with Crippen molar-refractivity contribution in [2.75, 3.05) is 52.4 Å². The van der Waals surface area contributed by atoms with E-state index in [9.17, 15) is 0 Å². The van der Waals surface area contributed by atoms with Crippen molar-refractivity contribution in [3.63, 3.8) is 0 Å². The molecule has 26 heavy (non-hydrogen) atoms. The molecular weight excluding hydrogens is 437 g/mol. The highest BCUT2D eigenvalue weighted by molar-refractivity contribution is 14.0. The van der Waals surface area contributed by atoms with E-state index < -0.39 is 0 Å². The molecule has 0 radical (unpaired) electrons. The van der Waals surface area contributed by atoms with E-state index >= 15 is 0 Å². The molecule has 5 nitrogen and oxygen atoms in total. The molecule has 1 aliphatic carbocycles. The first kappa shape index (κ1) is 19.9. The van der Waals surface area contributed by atoms with Gasteiger partial charge in [0, 0.05) is 57.8 Å². The number of nitrogens with zero attached hydrogens (tertiary/aromatic N) is 3. The number of benzene rings is 1. The van der Waals surface area contributed by atoms with Gasteiger partial charge in [-0.25, -0.2) is 0 Å². The minimum Gasteiger partial charge on any atom is -0.357 e. The van der Waals surface area contributed by atoms with Gasteiger partial charge in [0.15, 0.2) is 5.96 Å². The molecule has 0 amide bonds. The molecule has 1 aromatic rings. The Bertz CT molecular complexity index is 612. The Morgan fingerprint density at radius 1 is 1.15 bits per heavy atom. The largest absolute Gasteiger partial charge is 0.357 e. The highest BCUT2D eigenvalue weighted by atomic mass is 127. The SMILES string of the molecule is CCNC(=NCC1CN2CCN1CC2)NCC1CCc2ccccc21.I. The Kier molecular flexibility index (Phi) is 7.17. The van der Waals surface area contributed by atoms with E-state index in [1.54, 1.807) is 0 Å². The number of rotatable bonds is 5. The van der Waals surface area contributed by atoms with E-state index in [0.29, 0.717) is 12.0 Å². The van der Waals surface area contributed by atoms with Crippen LogP contribution in [0.15, 0.2) is 29.3 Å². The lowest BCUT2D eigenvalue weighted by molar-refractivity contribution is 0.0174. The molecule has 4 aliphatic rings. The van der Waals surface area contributed by atoms with E-state index in [4.69, 9.17) is 4.99 Å². The summed E-state index contributed by atoms with van der Waals surface area (Å²) >= 11 is 0.